The van der Waals surface area contributed by atoms with Gasteiger partial charge < -0.3 is 0 Å². The normalized spacial score (nSPS) is 12.9. The van der Waals surface area contributed by atoms with Crippen LogP contribution in [0.15, 0.2) is 29.2 Å². The van der Waals surface area contributed by atoms with Crippen LogP contribution in [0.5, 0.6) is 0 Å². The molecule has 0 aliphatic rings. The smallest absolute Gasteiger partial charge is 0.0104 e. The van der Waals surface area contributed by atoms with Crippen LogP contribution in [0.2, 0.25) is 0 Å². The van der Waals surface area contributed by atoms with Crippen molar-refractivity contribution < 1.29 is 0 Å². The van der Waals surface area contributed by atoms with Crippen molar-refractivity contribution in [2.75, 3.05) is 0 Å². The monoisotopic (exact) mass is 180 g/mol. The first-order chi connectivity index (χ1) is 5.74. The molecule has 66 valence electrons. The minimum absolute atomic E-state index is 0.728. The van der Waals surface area contributed by atoms with Gasteiger partial charge in [0.15, 0.2) is 0 Å². The van der Waals surface area contributed by atoms with Crippen molar-refractivity contribution in [3.05, 3.63) is 29.8 Å². The summed E-state index contributed by atoms with van der Waals surface area (Å²) in [6, 6.07) is 8.57. The first kappa shape index (κ1) is 9.66. The summed E-state index contributed by atoms with van der Waals surface area (Å²) in [5.74, 6) is 0. The lowest BCUT2D eigenvalue weighted by molar-refractivity contribution is 0.905. The van der Waals surface area contributed by atoms with Crippen molar-refractivity contribution in [3.8, 4) is 0 Å². The van der Waals surface area contributed by atoms with Crippen LogP contribution in [0.1, 0.15) is 25.8 Å². The summed E-state index contributed by atoms with van der Waals surface area (Å²) in [5.41, 5.74) is 1.39. The van der Waals surface area contributed by atoms with E-state index in [0.717, 1.165) is 5.25 Å². The van der Waals surface area contributed by atoms with Crippen LogP contribution in [0.4, 0.5) is 0 Å². The molecule has 0 bridgehead atoms. The molecule has 0 saturated heterocycles. The summed E-state index contributed by atoms with van der Waals surface area (Å²) in [7, 11) is 0. The zero-order valence-corrected chi connectivity index (χ0v) is 8.82. The molecule has 0 aliphatic carbocycles. The van der Waals surface area contributed by atoms with Gasteiger partial charge in [0, 0.05) is 10.1 Å². The van der Waals surface area contributed by atoms with E-state index < -0.39 is 0 Å². The standard InChI is InChI=1S/C11H16S/c1-4-10(3)12-11-8-6-5-7-9(11)2/h5-8,10H,4H2,1-3H3/t10-/m0/s1. The summed E-state index contributed by atoms with van der Waals surface area (Å²) in [5, 5.41) is 0.728. The van der Waals surface area contributed by atoms with Gasteiger partial charge in [0.1, 0.15) is 0 Å². The van der Waals surface area contributed by atoms with Crippen molar-refractivity contribution in [2.45, 2.75) is 37.3 Å². The lowest BCUT2D eigenvalue weighted by Crippen LogP contribution is -1.92. The summed E-state index contributed by atoms with van der Waals surface area (Å²) in [6.07, 6.45) is 1.24. The Morgan fingerprint density at radius 1 is 1.33 bits per heavy atom. The Balaban J connectivity index is 2.69. The highest BCUT2D eigenvalue weighted by Crippen LogP contribution is 2.27. The molecule has 1 atom stereocenters. The minimum atomic E-state index is 0.728. The lowest BCUT2D eigenvalue weighted by Gasteiger charge is -2.09. The summed E-state index contributed by atoms with van der Waals surface area (Å²) in [4.78, 5) is 1.42. The van der Waals surface area contributed by atoms with Gasteiger partial charge in [-0.1, -0.05) is 32.0 Å². The van der Waals surface area contributed by atoms with E-state index in [1.807, 2.05) is 11.8 Å². The van der Waals surface area contributed by atoms with E-state index in [4.69, 9.17) is 0 Å². The molecule has 1 aromatic rings. The van der Waals surface area contributed by atoms with Crippen LogP contribution in [0, 0.1) is 6.92 Å². The number of hydrogen-bond acceptors (Lipinski definition) is 1. The average Bonchev–Trinajstić information content (AvgIpc) is 2.09. The maximum Gasteiger partial charge on any atom is 0.0104 e. The predicted molar refractivity (Wildman–Crippen MR) is 56.8 cm³/mol. The molecule has 0 fully saturated rings. The Morgan fingerprint density at radius 3 is 2.58 bits per heavy atom. The third-order valence-electron chi connectivity index (χ3n) is 2.00. The second kappa shape index (κ2) is 4.56. The van der Waals surface area contributed by atoms with Crippen LogP contribution in [0.25, 0.3) is 0 Å². The van der Waals surface area contributed by atoms with Gasteiger partial charge in [0.2, 0.25) is 0 Å². The molecule has 0 N–H and O–H groups in total. The molecule has 0 aliphatic heterocycles. The Morgan fingerprint density at radius 2 is 2.00 bits per heavy atom. The van der Waals surface area contributed by atoms with Gasteiger partial charge in [0.25, 0.3) is 0 Å². The second-order valence-electron chi connectivity index (χ2n) is 3.10. The fourth-order valence-corrected chi connectivity index (χ4v) is 2.00. The quantitative estimate of drug-likeness (QED) is 0.636. The molecule has 0 unspecified atom stereocenters. The van der Waals surface area contributed by atoms with Gasteiger partial charge in [-0.3, -0.25) is 0 Å². The van der Waals surface area contributed by atoms with Gasteiger partial charge >= 0.3 is 0 Å². The van der Waals surface area contributed by atoms with E-state index in [0.29, 0.717) is 0 Å². The fraction of sp³-hybridized carbons (Fsp3) is 0.455. The third kappa shape index (κ3) is 2.56. The van der Waals surface area contributed by atoms with E-state index >= 15 is 0 Å². The van der Waals surface area contributed by atoms with E-state index in [1.54, 1.807) is 0 Å². The van der Waals surface area contributed by atoms with Crippen molar-refractivity contribution in [2.24, 2.45) is 0 Å². The Kier molecular flexibility index (Phi) is 3.67. The maximum atomic E-state index is 2.27. The van der Waals surface area contributed by atoms with E-state index in [1.165, 1.54) is 16.9 Å². The van der Waals surface area contributed by atoms with E-state index in [-0.39, 0.29) is 0 Å². The molecule has 1 rings (SSSR count). The number of rotatable bonds is 3. The van der Waals surface area contributed by atoms with Crippen molar-refractivity contribution in [1.29, 1.82) is 0 Å². The molecule has 0 aromatic heterocycles. The zero-order chi connectivity index (χ0) is 8.97. The van der Waals surface area contributed by atoms with Crippen LogP contribution < -0.4 is 0 Å². The van der Waals surface area contributed by atoms with Crippen molar-refractivity contribution in [3.63, 3.8) is 0 Å². The number of thioether (sulfide) groups is 1. The SMILES string of the molecule is CC[C@H](C)Sc1ccccc1C. The molecule has 0 spiro atoms. The van der Waals surface area contributed by atoms with Crippen molar-refractivity contribution >= 4 is 11.8 Å². The highest BCUT2D eigenvalue weighted by atomic mass is 32.2. The number of hydrogen-bond donors (Lipinski definition) is 0. The average molecular weight is 180 g/mol. The van der Waals surface area contributed by atoms with Crippen LogP contribution in [0.3, 0.4) is 0 Å². The summed E-state index contributed by atoms with van der Waals surface area (Å²) < 4.78 is 0. The Bertz CT molecular complexity index is 243. The summed E-state index contributed by atoms with van der Waals surface area (Å²) in [6.45, 7) is 6.68. The molecular formula is C11H16S. The van der Waals surface area contributed by atoms with Gasteiger partial charge in [-0.05, 0) is 25.0 Å². The first-order valence-corrected chi connectivity index (χ1v) is 5.34. The molecule has 12 heavy (non-hydrogen) atoms. The molecule has 0 saturated carbocycles. The van der Waals surface area contributed by atoms with Crippen LogP contribution in [-0.4, -0.2) is 5.25 Å². The van der Waals surface area contributed by atoms with Crippen LogP contribution >= 0.6 is 11.8 Å². The number of aryl methyl sites for hydroxylation is 1. The Labute approximate surface area is 79.4 Å². The molecule has 1 heteroatoms. The van der Waals surface area contributed by atoms with Gasteiger partial charge in [0.05, 0.1) is 0 Å². The second-order valence-corrected chi connectivity index (χ2v) is 4.58. The maximum absolute atomic E-state index is 2.27. The van der Waals surface area contributed by atoms with Crippen molar-refractivity contribution in [1.82, 2.24) is 0 Å². The first-order valence-electron chi connectivity index (χ1n) is 4.46. The van der Waals surface area contributed by atoms with Gasteiger partial charge in [-0.25, -0.2) is 0 Å². The van der Waals surface area contributed by atoms with E-state index in [9.17, 15) is 0 Å². The summed E-state index contributed by atoms with van der Waals surface area (Å²) >= 11 is 1.97. The highest BCUT2D eigenvalue weighted by Gasteiger charge is 2.02. The van der Waals surface area contributed by atoms with Crippen LogP contribution in [-0.2, 0) is 0 Å². The molecular weight excluding hydrogens is 164 g/mol. The minimum Gasteiger partial charge on any atom is -0.123 e. The van der Waals surface area contributed by atoms with Gasteiger partial charge in [-0.2, -0.15) is 0 Å². The topological polar surface area (TPSA) is 0 Å². The molecule has 0 nitrogen and oxygen atoms in total. The largest absolute Gasteiger partial charge is 0.123 e. The number of benzene rings is 1. The molecule has 0 heterocycles. The molecule has 0 radical (unpaired) electrons. The lowest BCUT2D eigenvalue weighted by atomic mass is 10.2. The Hall–Kier alpha value is -0.430. The third-order valence-corrected chi connectivity index (χ3v) is 3.44. The predicted octanol–water partition coefficient (Wildman–Crippen LogP) is 3.89. The zero-order valence-electron chi connectivity index (χ0n) is 8.00. The van der Waals surface area contributed by atoms with Gasteiger partial charge in [-0.15, -0.1) is 11.8 Å². The van der Waals surface area contributed by atoms with E-state index in [2.05, 4.69) is 45.0 Å². The fourth-order valence-electron chi connectivity index (χ4n) is 0.989. The highest BCUT2D eigenvalue weighted by molar-refractivity contribution is 8.00. The molecule has 0 amide bonds. The molecule has 1 aromatic carbocycles.